The van der Waals surface area contributed by atoms with Crippen molar-refractivity contribution in [2.24, 2.45) is 0 Å². The smallest absolute Gasteiger partial charge is 0.164 e. The summed E-state index contributed by atoms with van der Waals surface area (Å²) in [5, 5.41) is 9.37. The van der Waals surface area contributed by atoms with Gasteiger partial charge in [0, 0.05) is 43.4 Å². The fraction of sp³-hybridized carbons (Fsp3) is 0.0238. The van der Waals surface area contributed by atoms with Crippen LogP contribution in [0.25, 0.3) is 93.3 Å². The Hall–Kier alpha value is -6.11. The normalized spacial score (nSPS) is 12.6. The molecule has 0 fully saturated rings. The Morgan fingerprint density at radius 2 is 1.35 bits per heavy atom. The molecule has 0 spiro atoms. The molecule has 0 bridgehead atoms. The summed E-state index contributed by atoms with van der Waals surface area (Å²) < 4.78 is 9.07. The zero-order chi connectivity index (χ0) is 31.6. The van der Waals surface area contributed by atoms with Gasteiger partial charge in [0.2, 0.25) is 0 Å². The zero-order valence-electron chi connectivity index (χ0n) is 25.6. The van der Waals surface area contributed by atoms with Crippen LogP contribution in [-0.2, 0) is 0 Å². The van der Waals surface area contributed by atoms with Gasteiger partial charge in [-0.1, -0.05) is 109 Å². The molecule has 3 aromatic heterocycles. The van der Waals surface area contributed by atoms with Crippen LogP contribution in [0.5, 0.6) is 0 Å². The molecule has 4 heterocycles. The second kappa shape index (κ2) is 10.7. The lowest BCUT2D eigenvalue weighted by atomic mass is 9.97. The van der Waals surface area contributed by atoms with E-state index in [0.717, 1.165) is 62.2 Å². The second-order valence-electron chi connectivity index (χ2n) is 12.0. The van der Waals surface area contributed by atoms with Gasteiger partial charge in [-0.05, 0) is 52.2 Å². The molecule has 48 heavy (non-hydrogen) atoms. The van der Waals surface area contributed by atoms with Crippen LogP contribution >= 0.6 is 11.3 Å². The molecule has 0 saturated carbocycles. The molecule has 6 aromatic carbocycles. The summed E-state index contributed by atoms with van der Waals surface area (Å²) in [4.78, 5) is 15.4. The first-order chi connectivity index (χ1) is 23.8. The Labute approximate surface area is 279 Å². The molecule has 0 radical (unpaired) electrons. The quantitative estimate of drug-likeness (QED) is 0.209. The average Bonchev–Trinajstić information content (AvgIpc) is 3.73. The van der Waals surface area contributed by atoms with Gasteiger partial charge in [0.15, 0.2) is 23.2 Å². The summed E-state index contributed by atoms with van der Waals surface area (Å²) in [5.74, 6) is 2.66. The van der Waals surface area contributed by atoms with E-state index in [-0.39, 0.29) is 0 Å². The number of fused-ring (bicyclic) bond motifs is 7. The van der Waals surface area contributed by atoms with E-state index in [1.165, 1.54) is 25.6 Å². The molecule has 0 aliphatic carbocycles. The van der Waals surface area contributed by atoms with Crippen LogP contribution in [0.1, 0.15) is 5.76 Å². The molecule has 5 nitrogen and oxygen atoms in total. The van der Waals surface area contributed by atoms with Crippen LogP contribution in [0.4, 0.5) is 5.69 Å². The van der Waals surface area contributed by atoms with E-state index >= 15 is 0 Å². The topological polar surface area (TPSA) is 63.8 Å². The molecule has 0 unspecified atom stereocenters. The number of nitrogens with zero attached hydrogens (tertiary/aromatic N) is 3. The number of aromatic nitrogens is 3. The van der Waals surface area contributed by atoms with E-state index in [0.29, 0.717) is 17.5 Å². The monoisotopic (exact) mass is 634 g/mol. The van der Waals surface area contributed by atoms with Gasteiger partial charge in [-0.3, -0.25) is 0 Å². The zero-order valence-corrected chi connectivity index (χ0v) is 26.5. The van der Waals surface area contributed by atoms with Crippen LogP contribution in [0, 0.1) is 0 Å². The first-order valence-corrected chi connectivity index (χ1v) is 16.8. The predicted molar refractivity (Wildman–Crippen MR) is 199 cm³/mol. The van der Waals surface area contributed by atoms with E-state index in [1.807, 2.05) is 47.7 Å². The first-order valence-electron chi connectivity index (χ1n) is 16.0. The lowest BCUT2D eigenvalue weighted by molar-refractivity contribution is 0.604. The Bertz CT molecular complexity index is 2740. The van der Waals surface area contributed by atoms with Gasteiger partial charge in [-0.25, -0.2) is 15.0 Å². The van der Waals surface area contributed by atoms with Crippen LogP contribution in [0.2, 0.25) is 0 Å². The highest BCUT2D eigenvalue weighted by molar-refractivity contribution is 7.26. The molecule has 1 aliphatic rings. The predicted octanol–water partition coefficient (Wildman–Crippen LogP) is 11.2. The van der Waals surface area contributed by atoms with E-state index in [9.17, 15) is 0 Å². The highest BCUT2D eigenvalue weighted by atomic mass is 32.1. The maximum Gasteiger partial charge on any atom is 0.164 e. The Morgan fingerprint density at radius 3 is 2.27 bits per heavy atom. The largest absolute Gasteiger partial charge is 0.454 e. The van der Waals surface area contributed by atoms with Gasteiger partial charge >= 0.3 is 0 Å². The molecule has 0 saturated heterocycles. The Morgan fingerprint density at radius 1 is 0.583 bits per heavy atom. The minimum absolute atomic E-state index is 0.599. The molecule has 0 atom stereocenters. The van der Waals surface area contributed by atoms with Gasteiger partial charge in [0.25, 0.3) is 0 Å². The number of hydrogen-bond donors (Lipinski definition) is 1. The maximum atomic E-state index is 6.55. The van der Waals surface area contributed by atoms with Gasteiger partial charge in [-0.15, -0.1) is 11.3 Å². The number of benzene rings is 6. The summed E-state index contributed by atoms with van der Waals surface area (Å²) in [5.41, 5.74) is 6.73. The molecule has 1 aliphatic heterocycles. The summed E-state index contributed by atoms with van der Waals surface area (Å²) >= 11 is 1.82. The molecular formula is C42H26N4OS. The van der Waals surface area contributed by atoms with Crippen molar-refractivity contribution in [3.05, 3.63) is 139 Å². The summed E-state index contributed by atoms with van der Waals surface area (Å²) in [6.45, 7) is 0.721. The fourth-order valence-electron chi connectivity index (χ4n) is 6.84. The maximum absolute atomic E-state index is 6.55. The molecule has 6 heteroatoms. The summed E-state index contributed by atoms with van der Waals surface area (Å²) in [6, 6.07) is 44.4. The summed E-state index contributed by atoms with van der Waals surface area (Å²) in [6.07, 6.45) is 4.13. The standard InChI is InChI=1S/C42H26N4OS/c1-2-11-26(12-3-1)40-44-41(28-20-19-25-10-4-5-13-27(25)22-28)46-42(45-40)33-23-29(24-35-37(33)38-34(47-35)17-9-21-43-38)30-15-8-16-32-31-14-6-7-18-36(31)48-39(30)32/h1-20,22-24,43H,21H2. The highest BCUT2D eigenvalue weighted by Crippen LogP contribution is 2.45. The molecule has 0 amide bonds. The van der Waals surface area contributed by atoms with Gasteiger partial charge in [-0.2, -0.15) is 0 Å². The lowest BCUT2D eigenvalue weighted by Gasteiger charge is -2.13. The number of hydrogen-bond acceptors (Lipinski definition) is 6. The van der Waals surface area contributed by atoms with E-state index in [2.05, 4.69) is 108 Å². The average molecular weight is 635 g/mol. The van der Waals surface area contributed by atoms with Crippen LogP contribution in [-0.4, -0.2) is 21.5 Å². The minimum Gasteiger partial charge on any atom is -0.454 e. The van der Waals surface area contributed by atoms with Crippen molar-refractivity contribution in [2.45, 2.75) is 0 Å². The van der Waals surface area contributed by atoms with E-state index in [4.69, 9.17) is 19.4 Å². The Balaban J connectivity index is 1.26. The number of rotatable bonds is 4. The van der Waals surface area contributed by atoms with Crippen LogP contribution < -0.4 is 5.32 Å². The number of thiophene rings is 1. The van der Waals surface area contributed by atoms with E-state index < -0.39 is 0 Å². The molecule has 10 rings (SSSR count). The second-order valence-corrected chi connectivity index (χ2v) is 13.1. The van der Waals surface area contributed by atoms with Crippen LogP contribution in [0.3, 0.4) is 0 Å². The third kappa shape index (κ3) is 4.34. The van der Waals surface area contributed by atoms with Gasteiger partial charge in [0.05, 0.1) is 11.1 Å². The third-order valence-corrected chi connectivity index (χ3v) is 10.3. The first kappa shape index (κ1) is 27.0. The Kier molecular flexibility index (Phi) is 6.04. The number of furan rings is 1. The molecule has 1 N–H and O–H groups in total. The lowest BCUT2D eigenvalue weighted by Crippen LogP contribution is -2.04. The van der Waals surface area contributed by atoms with Crippen LogP contribution in [0.15, 0.2) is 138 Å². The van der Waals surface area contributed by atoms with Crippen molar-refractivity contribution < 1.29 is 4.42 Å². The van der Waals surface area contributed by atoms with Gasteiger partial charge in [0.1, 0.15) is 5.58 Å². The molecule has 9 aromatic rings. The SMILES string of the molecule is C1=Cc2oc3cc(-c4cccc5c4sc4ccccc45)cc(-c4nc(-c5ccccc5)nc(-c5ccc6ccccc6c5)n4)c3c2NC1. The number of anilines is 1. The fourth-order valence-corrected chi connectivity index (χ4v) is 8.08. The number of nitrogens with one attached hydrogen (secondary N) is 1. The molecular weight excluding hydrogens is 609 g/mol. The van der Waals surface area contributed by atoms with Crippen molar-refractivity contribution in [3.63, 3.8) is 0 Å². The minimum atomic E-state index is 0.599. The highest BCUT2D eigenvalue weighted by Gasteiger charge is 2.24. The molecule has 226 valence electrons. The van der Waals surface area contributed by atoms with Crippen molar-refractivity contribution in [2.75, 3.05) is 11.9 Å². The van der Waals surface area contributed by atoms with Crippen molar-refractivity contribution in [1.82, 2.24) is 15.0 Å². The third-order valence-electron chi connectivity index (χ3n) is 9.12. The van der Waals surface area contributed by atoms with Crippen molar-refractivity contribution >= 4 is 65.0 Å². The van der Waals surface area contributed by atoms with Gasteiger partial charge < -0.3 is 9.73 Å². The van der Waals surface area contributed by atoms with Crippen molar-refractivity contribution in [3.8, 4) is 45.3 Å². The summed E-state index contributed by atoms with van der Waals surface area (Å²) in [7, 11) is 0. The van der Waals surface area contributed by atoms with Crippen molar-refractivity contribution in [1.29, 1.82) is 0 Å². The van der Waals surface area contributed by atoms with E-state index in [1.54, 1.807) is 0 Å².